The van der Waals surface area contributed by atoms with Crippen molar-refractivity contribution >= 4 is 11.8 Å². The summed E-state index contributed by atoms with van der Waals surface area (Å²) in [6.45, 7) is 1.10. The lowest BCUT2D eigenvalue weighted by atomic mass is 10.0. The average molecular weight is 513 g/mol. The van der Waals surface area contributed by atoms with Crippen molar-refractivity contribution < 1.29 is 28.6 Å². The molecule has 3 aromatic rings. The molecule has 1 atom stereocenters. The molecule has 2 aromatic heterocycles. The zero-order chi connectivity index (χ0) is 26.4. The molecule has 2 N–H and O–H groups in total. The number of amides is 2. The van der Waals surface area contributed by atoms with Gasteiger partial charge in [-0.25, -0.2) is 0 Å². The number of hydrogen-bond donors (Lipinski definition) is 2. The van der Waals surface area contributed by atoms with Crippen molar-refractivity contribution in [2.45, 2.75) is 51.2 Å². The highest BCUT2D eigenvalue weighted by molar-refractivity contribution is 5.89. The Morgan fingerprint density at radius 1 is 1.19 bits per heavy atom. The molecule has 0 saturated heterocycles. The Hall–Kier alpha value is -3.93. The van der Waals surface area contributed by atoms with Crippen LogP contribution < -0.4 is 14.8 Å². The maximum Gasteiger partial charge on any atom is 0.247 e. The molecule has 198 valence electrons. The summed E-state index contributed by atoms with van der Waals surface area (Å²) in [5, 5.41) is 25.1. The average Bonchev–Trinajstić information content (AvgIpc) is 3.66. The van der Waals surface area contributed by atoms with Crippen LogP contribution in [0.2, 0.25) is 0 Å². The van der Waals surface area contributed by atoms with Gasteiger partial charge in [-0.3, -0.25) is 9.59 Å². The summed E-state index contributed by atoms with van der Waals surface area (Å²) in [6.07, 6.45) is 3.86. The third-order valence-electron chi connectivity index (χ3n) is 6.34. The van der Waals surface area contributed by atoms with Gasteiger partial charge in [0.15, 0.2) is 17.3 Å². The van der Waals surface area contributed by atoms with Gasteiger partial charge in [-0.05, 0) is 54.8 Å². The largest absolute Gasteiger partial charge is 0.493 e. The summed E-state index contributed by atoms with van der Waals surface area (Å²) in [5.41, 5.74) is 0.522. The third-order valence-corrected chi connectivity index (χ3v) is 6.34. The number of rotatable bonds is 11. The monoisotopic (exact) mass is 512 g/mol. The van der Waals surface area contributed by atoms with E-state index in [1.807, 2.05) is 0 Å². The molecular formula is C25H32N6O6. The maximum absolute atomic E-state index is 13.6. The summed E-state index contributed by atoms with van der Waals surface area (Å²) in [6, 6.07) is 7.58. The number of carbonyl (C=O) groups excluding carboxylic acids is 2. The van der Waals surface area contributed by atoms with Gasteiger partial charge in [-0.2, -0.15) is 4.80 Å². The lowest BCUT2D eigenvalue weighted by Gasteiger charge is -2.32. The van der Waals surface area contributed by atoms with E-state index < -0.39 is 11.9 Å². The van der Waals surface area contributed by atoms with Crippen molar-refractivity contribution in [3.8, 4) is 23.1 Å². The van der Waals surface area contributed by atoms with Crippen LogP contribution in [0, 0.1) is 6.92 Å². The number of aliphatic hydroxyl groups excluding tert-OH is 1. The molecule has 0 aliphatic heterocycles. The normalized spacial score (nSPS) is 14.4. The number of methoxy groups -OCH3 is 2. The number of tetrazole rings is 1. The first-order valence-corrected chi connectivity index (χ1v) is 12.2. The standard InChI is InChI=1S/C25H32N6O6/c1-16-8-10-20(37-16)24-27-29-31(28-24)15-22(33)30(12-13-32)23(25(34)26-18-6-4-5-7-18)17-9-11-19(35-2)21(14-17)36-3/h8-11,14,18,23,32H,4-7,12-13,15H2,1-3H3,(H,26,34)/t23-/m0/s1. The molecule has 1 saturated carbocycles. The summed E-state index contributed by atoms with van der Waals surface area (Å²) >= 11 is 0. The van der Waals surface area contributed by atoms with Crippen LogP contribution in [0.5, 0.6) is 11.5 Å². The predicted octanol–water partition coefficient (Wildman–Crippen LogP) is 1.88. The van der Waals surface area contributed by atoms with Crippen LogP contribution in [0.3, 0.4) is 0 Å². The van der Waals surface area contributed by atoms with Crippen LogP contribution in [-0.2, 0) is 16.1 Å². The molecule has 1 aliphatic carbocycles. The van der Waals surface area contributed by atoms with E-state index in [-0.39, 0.29) is 37.5 Å². The molecular weight excluding hydrogens is 480 g/mol. The molecule has 0 bridgehead atoms. The number of aromatic nitrogens is 4. The predicted molar refractivity (Wildman–Crippen MR) is 132 cm³/mol. The van der Waals surface area contributed by atoms with Gasteiger partial charge < -0.3 is 29.2 Å². The Morgan fingerprint density at radius 3 is 2.59 bits per heavy atom. The fraction of sp³-hybridized carbons (Fsp3) is 0.480. The number of hydrogen-bond acceptors (Lipinski definition) is 9. The Morgan fingerprint density at radius 2 is 1.95 bits per heavy atom. The number of ether oxygens (including phenoxy) is 2. The minimum absolute atomic E-state index is 0.0394. The van der Waals surface area contributed by atoms with Gasteiger partial charge in [0.25, 0.3) is 0 Å². The zero-order valence-electron chi connectivity index (χ0n) is 21.2. The van der Waals surface area contributed by atoms with Crippen molar-refractivity contribution in [2.24, 2.45) is 0 Å². The fourth-order valence-electron chi connectivity index (χ4n) is 4.53. The van der Waals surface area contributed by atoms with E-state index >= 15 is 0 Å². The van der Waals surface area contributed by atoms with Crippen LogP contribution in [0.15, 0.2) is 34.7 Å². The number of benzene rings is 1. The fourth-order valence-corrected chi connectivity index (χ4v) is 4.53. The molecule has 2 heterocycles. The van der Waals surface area contributed by atoms with E-state index in [0.29, 0.717) is 28.6 Å². The molecule has 1 aliphatic rings. The van der Waals surface area contributed by atoms with Gasteiger partial charge in [-0.1, -0.05) is 18.9 Å². The highest BCUT2D eigenvalue weighted by Gasteiger charge is 2.34. The quantitative estimate of drug-likeness (QED) is 0.393. The van der Waals surface area contributed by atoms with E-state index in [4.69, 9.17) is 13.9 Å². The van der Waals surface area contributed by atoms with Gasteiger partial charge in [-0.15, -0.1) is 10.2 Å². The van der Waals surface area contributed by atoms with E-state index in [9.17, 15) is 14.7 Å². The van der Waals surface area contributed by atoms with Crippen molar-refractivity contribution in [2.75, 3.05) is 27.4 Å². The first kappa shape index (κ1) is 26.1. The van der Waals surface area contributed by atoms with Gasteiger partial charge in [0, 0.05) is 12.6 Å². The van der Waals surface area contributed by atoms with E-state index in [2.05, 4.69) is 20.7 Å². The third kappa shape index (κ3) is 6.08. The van der Waals surface area contributed by atoms with Crippen LogP contribution >= 0.6 is 0 Å². The lowest BCUT2D eigenvalue weighted by molar-refractivity contribution is -0.142. The van der Waals surface area contributed by atoms with E-state index in [1.54, 1.807) is 37.3 Å². The maximum atomic E-state index is 13.6. The number of carbonyl (C=O) groups is 2. The zero-order valence-corrected chi connectivity index (χ0v) is 21.2. The topological polar surface area (TPSA) is 145 Å². The van der Waals surface area contributed by atoms with Crippen molar-refractivity contribution in [3.05, 3.63) is 41.7 Å². The van der Waals surface area contributed by atoms with Crippen LogP contribution in [0.4, 0.5) is 0 Å². The molecule has 0 unspecified atom stereocenters. The second kappa shape index (κ2) is 11.9. The van der Waals surface area contributed by atoms with E-state index in [1.165, 1.54) is 19.1 Å². The van der Waals surface area contributed by atoms with Gasteiger partial charge in [0.2, 0.25) is 17.6 Å². The second-order valence-electron chi connectivity index (χ2n) is 8.87. The molecule has 1 aromatic carbocycles. The van der Waals surface area contributed by atoms with Crippen LogP contribution in [0.25, 0.3) is 11.6 Å². The molecule has 37 heavy (non-hydrogen) atoms. The Bertz CT molecular complexity index is 1220. The number of furan rings is 1. The minimum Gasteiger partial charge on any atom is -0.493 e. The molecule has 0 spiro atoms. The van der Waals surface area contributed by atoms with Gasteiger partial charge in [0.05, 0.1) is 20.8 Å². The number of aliphatic hydroxyl groups is 1. The lowest BCUT2D eigenvalue weighted by Crippen LogP contribution is -2.48. The smallest absolute Gasteiger partial charge is 0.247 e. The minimum atomic E-state index is -1.02. The molecule has 0 radical (unpaired) electrons. The van der Waals surface area contributed by atoms with Crippen molar-refractivity contribution in [3.63, 3.8) is 0 Å². The first-order chi connectivity index (χ1) is 17.9. The second-order valence-corrected chi connectivity index (χ2v) is 8.87. The Kier molecular flexibility index (Phi) is 8.39. The van der Waals surface area contributed by atoms with Gasteiger partial charge >= 0.3 is 0 Å². The van der Waals surface area contributed by atoms with Crippen LogP contribution in [0.1, 0.15) is 43.0 Å². The summed E-state index contributed by atoms with van der Waals surface area (Å²) in [7, 11) is 3.02. The molecule has 12 nitrogen and oxygen atoms in total. The summed E-state index contributed by atoms with van der Waals surface area (Å²) < 4.78 is 16.3. The molecule has 12 heteroatoms. The summed E-state index contributed by atoms with van der Waals surface area (Å²) in [4.78, 5) is 29.6. The number of nitrogens with one attached hydrogen (secondary N) is 1. The SMILES string of the molecule is COc1ccc([C@@H](C(=O)NC2CCCC2)N(CCO)C(=O)Cn2nnc(-c3ccc(C)o3)n2)cc1OC. The summed E-state index contributed by atoms with van der Waals surface area (Å²) in [5.74, 6) is 1.49. The number of nitrogens with zero attached hydrogens (tertiary/aromatic N) is 5. The van der Waals surface area contributed by atoms with E-state index in [0.717, 1.165) is 30.5 Å². The van der Waals surface area contributed by atoms with Crippen LogP contribution in [-0.4, -0.2) is 75.4 Å². The first-order valence-electron chi connectivity index (χ1n) is 12.2. The van der Waals surface area contributed by atoms with Gasteiger partial charge in [0.1, 0.15) is 18.3 Å². The molecule has 2 amide bonds. The van der Waals surface area contributed by atoms with Crippen molar-refractivity contribution in [1.82, 2.24) is 30.4 Å². The highest BCUT2D eigenvalue weighted by atomic mass is 16.5. The Labute approximate surface area is 214 Å². The Balaban J connectivity index is 1.63. The molecule has 1 fully saturated rings. The molecule has 4 rings (SSSR count). The highest BCUT2D eigenvalue weighted by Crippen LogP contribution is 2.33. The van der Waals surface area contributed by atoms with Crippen molar-refractivity contribution in [1.29, 1.82) is 0 Å². The number of aryl methyl sites for hydroxylation is 1.